The monoisotopic (exact) mass is 545 g/mol. The lowest BCUT2D eigenvalue weighted by Gasteiger charge is -2.31. The minimum atomic E-state index is -3.78. The van der Waals surface area contributed by atoms with E-state index in [9.17, 15) is 14.5 Å². The van der Waals surface area contributed by atoms with E-state index in [4.69, 9.17) is 19.5 Å². The fourth-order valence-corrected chi connectivity index (χ4v) is 5.93. The number of ether oxygens (including phenoxy) is 1. The number of amides is 1. The molecular formula is C25H34N6O6P+. The predicted molar refractivity (Wildman–Crippen MR) is 144 cm³/mol. The normalized spacial score (nSPS) is 28.6. The van der Waals surface area contributed by atoms with Crippen molar-refractivity contribution in [2.45, 2.75) is 56.8 Å². The average molecular weight is 546 g/mol. The third kappa shape index (κ3) is 6.83. The van der Waals surface area contributed by atoms with Crippen LogP contribution in [0.3, 0.4) is 0 Å². The van der Waals surface area contributed by atoms with Gasteiger partial charge < -0.3 is 15.4 Å². The molecule has 2 heterocycles. The van der Waals surface area contributed by atoms with E-state index in [1.807, 2.05) is 29.2 Å². The van der Waals surface area contributed by atoms with E-state index in [2.05, 4.69) is 27.0 Å². The van der Waals surface area contributed by atoms with Gasteiger partial charge in [0.15, 0.2) is 24.2 Å². The summed E-state index contributed by atoms with van der Waals surface area (Å²) in [5.74, 6) is -0.911. The van der Waals surface area contributed by atoms with E-state index in [0.717, 1.165) is 0 Å². The lowest BCUT2D eigenvalue weighted by Crippen LogP contribution is -2.55. The fourth-order valence-electron chi connectivity index (χ4n) is 4.30. The van der Waals surface area contributed by atoms with E-state index < -0.39 is 38.4 Å². The minimum Gasteiger partial charge on any atom is -0.461 e. The fraction of sp³-hybridized carbons (Fsp3) is 0.440. The first-order valence-electron chi connectivity index (χ1n) is 12.4. The Morgan fingerprint density at radius 3 is 2.74 bits per heavy atom. The third-order valence-corrected chi connectivity index (χ3v) is 7.71. The highest BCUT2D eigenvalue weighted by molar-refractivity contribution is 7.58. The van der Waals surface area contributed by atoms with Crippen molar-refractivity contribution >= 4 is 32.3 Å². The lowest BCUT2D eigenvalue weighted by molar-refractivity contribution is -0.148. The first-order chi connectivity index (χ1) is 18.2. The van der Waals surface area contributed by atoms with Gasteiger partial charge in [0.05, 0.1) is 18.5 Å². The number of nitrogens with zero attached hydrogens (tertiary/aromatic N) is 3. The number of esters is 1. The minimum absolute atomic E-state index is 0.0660. The standard InChI is InChI=1S/C25H33N6O6P/c1-4-20(24(33)36-16(2)3)30-38(34,37-19-9-7-5-6-8-10-19)35-14-17-11-12-18(13-17)31-15-27-21-22(31)28-25(26)29-23(21)32/h4-12,15-22,30,34H,1,13-14H2,2-3H3,(H2-,26,28,29,32)/p+1/t17?,18?,20-,21?,22?,38?/m0/s1. The SMILES string of the molecule is C=C[C@H](N[P+](O)(OCC1C=CC(N2C=NC3C(=O)NC(N)=NC32)C1)OC1C=CC=CC=C1)C(=O)OC(C)C. The molecular weight excluding hydrogens is 511 g/mol. The number of carbonyl (C=O) groups is 2. The predicted octanol–water partition coefficient (Wildman–Crippen LogP) is 1.26. The summed E-state index contributed by atoms with van der Waals surface area (Å²) in [6, 6.07) is -1.78. The molecule has 4 aliphatic rings. The Morgan fingerprint density at radius 1 is 1.32 bits per heavy atom. The summed E-state index contributed by atoms with van der Waals surface area (Å²) >= 11 is 0. The van der Waals surface area contributed by atoms with Crippen molar-refractivity contribution in [3.63, 3.8) is 0 Å². The Balaban J connectivity index is 1.41. The number of fused-ring (bicyclic) bond motifs is 1. The van der Waals surface area contributed by atoms with E-state index in [0.29, 0.717) is 6.42 Å². The molecule has 0 spiro atoms. The second-order valence-corrected chi connectivity index (χ2v) is 11.2. The zero-order valence-corrected chi connectivity index (χ0v) is 22.2. The van der Waals surface area contributed by atoms with Crippen molar-refractivity contribution in [1.82, 2.24) is 15.3 Å². The average Bonchev–Trinajstić information content (AvgIpc) is 3.42. The smallest absolute Gasteiger partial charge is 0.461 e. The Labute approximate surface area is 222 Å². The van der Waals surface area contributed by atoms with Gasteiger partial charge in [0, 0.05) is 5.92 Å². The second-order valence-electron chi connectivity index (χ2n) is 9.39. The largest absolute Gasteiger partial charge is 0.501 e. The van der Waals surface area contributed by atoms with Gasteiger partial charge >= 0.3 is 14.1 Å². The summed E-state index contributed by atoms with van der Waals surface area (Å²) in [7, 11) is -3.78. The van der Waals surface area contributed by atoms with Crippen molar-refractivity contribution in [3.8, 4) is 0 Å². The molecule has 2 aliphatic carbocycles. The molecule has 0 aromatic carbocycles. The summed E-state index contributed by atoms with van der Waals surface area (Å²) in [5, 5.41) is 5.30. The molecule has 6 atom stereocenters. The van der Waals surface area contributed by atoms with Crippen LogP contribution < -0.4 is 16.1 Å². The van der Waals surface area contributed by atoms with Crippen LogP contribution in [-0.4, -0.2) is 77.1 Å². The lowest BCUT2D eigenvalue weighted by atomic mass is 10.1. The maximum Gasteiger partial charge on any atom is 0.501 e. The molecule has 5 unspecified atom stereocenters. The molecule has 38 heavy (non-hydrogen) atoms. The quantitative estimate of drug-likeness (QED) is 0.170. The van der Waals surface area contributed by atoms with Crippen LogP contribution in [0, 0.1) is 5.92 Å². The third-order valence-electron chi connectivity index (χ3n) is 6.08. The van der Waals surface area contributed by atoms with Crippen LogP contribution in [0.2, 0.25) is 0 Å². The van der Waals surface area contributed by atoms with Gasteiger partial charge in [0.25, 0.3) is 5.91 Å². The first-order valence-corrected chi connectivity index (χ1v) is 14.0. The van der Waals surface area contributed by atoms with Gasteiger partial charge in [-0.2, -0.15) is 13.9 Å². The Hall–Kier alpha value is -3.15. The summed E-state index contributed by atoms with van der Waals surface area (Å²) < 4.78 is 17.2. The molecule has 204 valence electrons. The van der Waals surface area contributed by atoms with Crippen LogP contribution >= 0.6 is 8.09 Å². The molecule has 0 aromatic rings. The van der Waals surface area contributed by atoms with Crippen LogP contribution in [0.5, 0.6) is 0 Å². The van der Waals surface area contributed by atoms with Crippen LogP contribution in [0.15, 0.2) is 71.2 Å². The maximum atomic E-state index is 12.5. The van der Waals surface area contributed by atoms with E-state index in [1.54, 1.807) is 44.5 Å². The number of allylic oxidation sites excluding steroid dienone is 4. The van der Waals surface area contributed by atoms with E-state index in [-0.39, 0.29) is 36.5 Å². The molecule has 13 heteroatoms. The summed E-state index contributed by atoms with van der Waals surface area (Å²) in [4.78, 5) is 46.7. The van der Waals surface area contributed by atoms with Gasteiger partial charge in [-0.25, -0.2) is 9.79 Å². The van der Waals surface area contributed by atoms with Crippen molar-refractivity contribution in [1.29, 1.82) is 0 Å². The van der Waals surface area contributed by atoms with Crippen molar-refractivity contribution in [2.75, 3.05) is 6.61 Å². The van der Waals surface area contributed by atoms with Gasteiger partial charge in [0.2, 0.25) is 0 Å². The van der Waals surface area contributed by atoms with Gasteiger partial charge in [0.1, 0.15) is 12.7 Å². The van der Waals surface area contributed by atoms with Crippen molar-refractivity contribution in [3.05, 3.63) is 61.3 Å². The number of hydrogen-bond acceptors (Lipinski definition) is 11. The van der Waals surface area contributed by atoms with Crippen LogP contribution in [-0.2, 0) is 23.4 Å². The number of carbonyl (C=O) groups excluding carboxylic acids is 2. The zero-order chi connectivity index (χ0) is 27.3. The summed E-state index contributed by atoms with van der Waals surface area (Å²) in [6.07, 6.45) is 16.9. The Morgan fingerprint density at radius 2 is 2.05 bits per heavy atom. The maximum absolute atomic E-state index is 12.5. The molecule has 0 saturated carbocycles. The highest BCUT2D eigenvalue weighted by atomic mass is 31.2. The molecule has 4 rings (SSSR count). The number of nitrogens with two attached hydrogens (primary N) is 1. The number of hydrogen-bond donors (Lipinski definition) is 4. The van der Waals surface area contributed by atoms with Crippen molar-refractivity contribution in [2.24, 2.45) is 21.6 Å². The molecule has 12 nitrogen and oxygen atoms in total. The molecule has 0 fully saturated rings. The Bertz CT molecular complexity index is 1090. The van der Waals surface area contributed by atoms with Gasteiger partial charge in [-0.05, 0) is 32.4 Å². The second kappa shape index (κ2) is 12.1. The number of aliphatic imine (C=N–C) groups is 2. The van der Waals surface area contributed by atoms with Crippen LogP contribution in [0.1, 0.15) is 20.3 Å². The van der Waals surface area contributed by atoms with Gasteiger partial charge in [-0.3, -0.25) is 15.1 Å². The molecule has 0 aromatic heterocycles. The van der Waals surface area contributed by atoms with Crippen LogP contribution in [0.25, 0.3) is 0 Å². The summed E-state index contributed by atoms with van der Waals surface area (Å²) in [5.41, 5.74) is 5.75. The first kappa shape index (κ1) is 27.9. The molecule has 0 saturated heterocycles. The number of nitrogens with one attached hydrogen (secondary N) is 2. The van der Waals surface area contributed by atoms with E-state index >= 15 is 0 Å². The molecule has 2 aliphatic heterocycles. The zero-order valence-electron chi connectivity index (χ0n) is 21.3. The number of guanidine groups is 1. The highest BCUT2D eigenvalue weighted by Crippen LogP contribution is 2.55. The highest BCUT2D eigenvalue weighted by Gasteiger charge is 2.49. The molecule has 0 radical (unpaired) electrons. The van der Waals surface area contributed by atoms with E-state index in [1.165, 1.54) is 6.08 Å². The van der Waals surface area contributed by atoms with Gasteiger partial charge in [-0.15, -0.1) is 6.58 Å². The molecule has 0 bridgehead atoms. The molecule has 5 N–H and O–H groups in total. The summed E-state index contributed by atoms with van der Waals surface area (Å²) in [6.45, 7) is 7.26. The molecule has 1 amide bonds. The Kier molecular flexibility index (Phi) is 8.91. The van der Waals surface area contributed by atoms with Gasteiger partial charge in [-0.1, -0.05) is 47.6 Å². The van der Waals surface area contributed by atoms with Crippen molar-refractivity contribution < 1.29 is 28.3 Å². The topological polar surface area (TPSA) is 160 Å². The van der Waals surface area contributed by atoms with Crippen LogP contribution in [0.4, 0.5) is 0 Å². The number of rotatable bonds is 11.